The standard InChI is InChI=1S/C27H30ClN5O3/c1-5-13-33-25(35)23-22(24(34)31-21-8-6-7-20(28)18(21)3)30-16-32(23)15-27(33,4)26(36)29-14-19-11-9-17(2)10-12-19/h6-12,16H,5,13-15H2,1-4H3,(H,29,36)(H,31,34). The molecule has 0 radical (unpaired) electrons. The van der Waals surface area contributed by atoms with Gasteiger partial charge in [0.1, 0.15) is 11.2 Å². The zero-order valence-electron chi connectivity index (χ0n) is 20.9. The summed E-state index contributed by atoms with van der Waals surface area (Å²) in [5.74, 6) is -1.17. The van der Waals surface area contributed by atoms with Crippen molar-refractivity contribution in [3.63, 3.8) is 0 Å². The van der Waals surface area contributed by atoms with E-state index in [0.717, 1.165) is 16.7 Å². The number of nitrogens with zero attached hydrogens (tertiary/aromatic N) is 3. The molecule has 1 aliphatic rings. The SMILES string of the molecule is CCCN1C(=O)c2c(C(=O)Nc3cccc(Cl)c3C)ncn2CC1(C)C(=O)NCc1ccc(C)cc1. The average molecular weight is 508 g/mol. The van der Waals surface area contributed by atoms with Gasteiger partial charge in [0.2, 0.25) is 5.91 Å². The monoisotopic (exact) mass is 507 g/mol. The van der Waals surface area contributed by atoms with E-state index < -0.39 is 17.4 Å². The number of amides is 3. The minimum atomic E-state index is -1.14. The molecule has 0 aliphatic carbocycles. The predicted octanol–water partition coefficient (Wildman–Crippen LogP) is 4.35. The molecule has 3 amide bonds. The lowest BCUT2D eigenvalue weighted by atomic mass is 9.93. The Labute approximate surface area is 215 Å². The van der Waals surface area contributed by atoms with Gasteiger partial charge in [0.25, 0.3) is 11.8 Å². The number of benzene rings is 2. The van der Waals surface area contributed by atoms with Crippen LogP contribution in [0.5, 0.6) is 0 Å². The van der Waals surface area contributed by atoms with Gasteiger partial charge in [-0.2, -0.15) is 0 Å². The maximum Gasteiger partial charge on any atom is 0.276 e. The molecule has 0 fully saturated rings. The summed E-state index contributed by atoms with van der Waals surface area (Å²) >= 11 is 6.18. The molecule has 9 heteroatoms. The quantitative estimate of drug-likeness (QED) is 0.497. The number of nitrogens with one attached hydrogen (secondary N) is 2. The minimum Gasteiger partial charge on any atom is -0.350 e. The molecule has 1 aromatic heterocycles. The molecule has 0 bridgehead atoms. The number of aryl methyl sites for hydroxylation is 1. The van der Waals surface area contributed by atoms with Gasteiger partial charge in [-0.05, 0) is 50.5 Å². The molecule has 0 saturated carbocycles. The van der Waals surface area contributed by atoms with Crippen molar-refractivity contribution in [2.24, 2.45) is 0 Å². The highest BCUT2D eigenvalue weighted by Crippen LogP contribution is 2.30. The fourth-order valence-corrected chi connectivity index (χ4v) is 4.61. The molecule has 0 spiro atoms. The van der Waals surface area contributed by atoms with E-state index >= 15 is 0 Å². The Bertz CT molecular complexity index is 1320. The van der Waals surface area contributed by atoms with Gasteiger partial charge in [-0.1, -0.05) is 54.4 Å². The van der Waals surface area contributed by atoms with Crippen LogP contribution >= 0.6 is 11.6 Å². The van der Waals surface area contributed by atoms with Crippen molar-refractivity contribution in [1.82, 2.24) is 19.8 Å². The third kappa shape index (κ3) is 4.73. The number of imidazole rings is 1. The van der Waals surface area contributed by atoms with Crippen LogP contribution in [0, 0.1) is 13.8 Å². The number of anilines is 1. The summed E-state index contributed by atoms with van der Waals surface area (Å²) in [5, 5.41) is 6.32. The van der Waals surface area contributed by atoms with Crippen molar-refractivity contribution in [2.75, 3.05) is 11.9 Å². The van der Waals surface area contributed by atoms with E-state index in [9.17, 15) is 14.4 Å². The Kier molecular flexibility index (Phi) is 7.17. The van der Waals surface area contributed by atoms with Crippen molar-refractivity contribution >= 4 is 35.0 Å². The van der Waals surface area contributed by atoms with Crippen LogP contribution in [-0.2, 0) is 17.9 Å². The van der Waals surface area contributed by atoms with Gasteiger partial charge in [-0.25, -0.2) is 4.98 Å². The Morgan fingerprint density at radius 2 is 1.86 bits per heavy atom. The van der Waals surface area contributed by atoms with Crippen LogP contribution in [0.4, 0.5) is 5.69 Å². The molecule has 0 saturated heterocycles. The molecule has 2 aromatic carbocycles. The molecule has 188 valence electrons. The van der Waals surface area contributed by atoms with E-state index in [4.69, 9.17) is 11.6 Å². The van der Waals surface area contributed by atoms with Crippen molar-refractivity contribution in [1.29, 1.82) is 0 Å². The number of hydrogen-bond donors (Lipinski definition) is 2. The Balaban J connectivity index is 1.60. The van der Waals surface area contributed by atoms with Gasteiger partial charge in [-0.15, -0.1) is 0 Å². The third-order valence-corrected chi connectivity index (χ3v) is 7.01. The lowest BCUT2D eigenvalue weighted by molar-refractivity contribution is -0.133. The maximum absolute atomic E-state index is 13.7. The third-order valence-electron chi connectivity index (χ3n) is 6.60. The maximum atomic E-state index is 13.7. The Morgan fingerprint density at radius 3 is 2.56 bits per heavy atom. The number of carbonyl (C=O) groups excluding carboxylic acids is 3. The summed E-state index contributed by atoms with van der Waals surface area (Å²) < 4.78 is 1.60. The summed E-state index contributed by atoms with van der Waals surface area (Å²) in [6.45, 7) is 8.41. The van der Waals surface area contributed by atoms with Crippen LogP contribution in [0.3, 0.4) is 0 Å². The highest BCUT2D eigenvalue weighted by Gasteiger charge is 2.48. The Hall–Kier alpha value is -3.65. The molecule has 36 heavy (non-hydrogen) atoms. The van der Waals surface area contributed by atoms with Crippen LogP contribution in [0.15, 0.2) is 48.8 Å². The molecule has 2 N–H and O–H groups in total. The van der Waals surface area contributed by atoms with E-state index in [1.54, 1.807) is 41.5 Å². The summed E-state index contributed by atoms with van der Waals surface area (Å²) in [6, 6.07) is 13.1. The van der Waals surface area contributed by atoms with Crippen molar-refractivity contribution in [3.8, 4) is 0 Å². The second-order valence-corrected chi connectivity index (χ2v) is 9.74. The van der Waals surface area contributed by atoms with Crippen molar-refractivity contribution < 1.29 is 14.4 Å². The van der Waals surface area contributed by atoms with E-state index in [-0.39, 0.29) is 23.8 Å². The lowest BCUT2D eigenvalue weighted by Gasteiger charge is -2.43. The molecule has 1 unspecified atom stereocenters. The molecular formula is C27H30ClN5O3. The van der Waals surface area contributed by atoms with Gasteiger partial charge in [0, 0.05) is 23.8 Å². The first kappa shape index (κ1) is 25.4. The largest absolute Gasteiger partial charge is 0.350 e. The molecular weight excluding hydrogens is 478 g/mol. The fraction of sp³-hybridized carbons (Fsp3) is 0.333. The molecule has 1 aliphatic heterocycles. The van der Waals surface area contributed by atoms with Crippen LogP contribution in [0.1, 0.15) is 57.9 Å². The highest BCUT2D eigenvalue weighted by atomic mass is 35.5. The highest BCUT2D eigenvalue weighted by molar-refractivity contribution is 6.31. The zero-order valence-corrected chi connectivity index (χ0v) is 21.6. The first-order valence-electron chi connectivity index (χ1n) is 11.9. The number of hydrogen-bond acceptors (Lipinski definition) is 4. The van der Waals surface area contributed by atoms with Crippen molar-refractivity contribution in [2.45, 2.75) is 52.7 Å². The summed E-state index contributed by atoms with van der Waals surface area (Å²) in [5.41, 5.74) is 2.43. The summed E-state index contributed by atoms with van der Waals surface area (Å²) in [4.78, 5) is 46.0. The number of aromatic nitrogens is 2. The topological polar surface area (TPSA) is 96.3 Å². The van der Waals surface area contributed by atoms with Crippen LogP contribution in [-0.4, -0.2) is 44.3 Å². The first-order valence-corrected chi connectivity index (χ1v) is 12.3. The first-order chi connectivity index (χ1) is 17.2. The molecule has 3 aromatic rings. The summed E-state index contributed by atoms with van der Waals surface area (Å²) in [6.07, 6.45) is 2.10. The smallest absolute Gasteiger partial charge is 0.276 e. The number of carbonyl (C=O) groups is 3. The van der Waals surface area contributed by atoms with Gasteiger partial charge in [0.15, 0.2) is 5.69 Å². The fourth-order valence-electron chi connectivity index (χ4n) is 4.43. The van der Waals surface area contributed by atoms with Gasteiger partial charge in [0.05, 0.1) is 12.9 Å². The number of fused-ring (bicyclic) bond motifs is 1. The molecule has 4 rings (SSSR count). The van der Waals surface area contributed by atoms with E-state index in [0.29, 0.717) is 30.2 Å². The zero-order chi connectivity index (χ0) is 26.0. The molecule has 1 atom stereocenters. The molecule has 2 heterocycles. The van der Waals surface area contributed by atoms with E-state index in [1.165, 1.54) is 6.33 Å². The number of halogens is 1. The van der Waals surface area contributed by atoms with E-state index in [1.807, 2.05) is 38.1 Å². The van der Waals surface area contributed by atoms with Gasteiger partial charge in [-0.3, -0.25) is 14.4 Å². The van der Waals surface area contributed by atoms with Crippen LogP contribution in [0.2, 0.25) is 5.02 Å². The minimum absolute atomic E-state index is 0.0163. The Morgan fingerprint density at radius 1 is 1.14 bits per heavy atom. The normalized spacial score (nSPS) is 17.0. The van der Waals surface area contributed by atoms with Crippen molar-refractivity contribution in [3.05, 3.63) is 81.9 Å². The van der Waals surface area contributed by atoms with Gasteiger partial charge >= 0.3 is 0 Å². The van der Waals surface area contributed by atoms with E-state index in [2.05, 4.69) is 15.6 Å². The average Bonchev–Trinajstić information content (AvgIpc) is 3.28. The van der Waals surface area contributed by atoms with Crippen LogP contribution < -0.4 is 10.6 Å². The predicted molar refractivity (Wildman–Crippen MR) is 139 cm³/mol. The number of rotatable bonds is 7. The van der Waals surface area contributed by atoms with Crippen LogP contribution in [0.25, 0.3) is 0 Å². The second-order valence-electron chi connectivity index (χ2n) is 9.34. The van der Waals surface area contributed by atoms with Gasteiger partial charge < -0.3 is 20.1 Å². The summed E-state index contributed by atoms with van der Waals surface area (Å²) in [7, 11) is 0. The molecule has 8 nitrogen and oxygen atoms in total. The lowest BCUT2D eigenvalue weighted by Crippen LogP contribution is -2.64. The second kappa shape index (κ2) is 10.1.